The number of unbranched alkanes of at least 4 members (excludes halogenated alkanes) is 1. The van der Waals surface area contributed by atoms with Crippen LogP contribution in [0.25, 0.3) is 0 Å². The van der Waals surface area contributed by atoms with Gasteiger partial charge in [-0.1, -0.05) is 78.9 Å². The zero-order valence-electron chi connectivity index (χ0n) is 23.9. The number of rotatable bonds is 14. The van der Waals surface area contributed by atoms with Crippen LogP contribution >= 0.6 is 0 Å². The number of urea groups is 1. The van der Waals surface area contributed by atoms with E-state index in [1.165, 1.54) is 15.4 Å². The van der Waals surface area contributed by atoms with Gasteiger partial charge in [-0.15, -0.1) is 0 Å². The number of para-hydroxylation sites is 1. The molecule has 0 radical (unpaired) electrons. The number of anilines is 1. The highest BCUT2D eigenvalue weighted by Crippen LogP contribution is 2.23. The van der Waals surface area contributed by atoms with Crippen LogP contribution in [0.2, 0.25) is 0 Å². The van der Waals surface area contributed by atoms with Gasteiger partial charge >= 0.3 is 6.03 Å². The SMILES string of the molecule is O=C(CN(Cc1ccccc1)C(=O)CN(CCCCc1ccccc1)C(=O)Nc1ccc(Oc2ccccc2)cc1)NO. The molecular formula is C34H36N4O5. The fraction of sp³-hybridized carbons (Fsp3) is 0.206. The summed E-state index contributed by atoms with van der Waals surface area (Å²) in [6.07, 6.45) is 2.35. The molecule has 9 nitrogen and oxygen atoms in total. The first kappa shape index (κ1) is 30.8. The van der Waals surface area contributed by atoms with Crippen LogP contribution in [0.4, 0.5) is 10.5 Å². The van der Waals surface area contributed by atoms with E-state index in [4.69, 9.17) is 9.94 Å². The molecule has 9 heteroatoms. The molecule has 0 aromatic heterocycles. The standard InChI is InChI=1S/C34H36N4O5/c39-32(36-42)25-38(24-28-15-6-2-7-16-28)33(40)26-37(23-11-10-14-27-12-4-1-5-13-27)34(41)35-29-19-21-31(22-20-29)43-30-17-8-3-9-18-30/h1-9,12-13,15-22,42H,10-11,14,23-26H2,(H,35,41)(H,36,39). The molecule has 3 N–H and O–H groups in total. The normalized spacial score (nSPS) is 10.4. The molecule has 4 rings (SSSR count). The first-order valence-corrected chi connectivity index (χ1v) is 14.2. The highest BCUT2D eigenvalue weighted by molar-refractivity contribution is 5.93. The van der Waals surface area contributed by atoms with Crippen molar-refractivity contribution in [2.24, 2.45) is 0 Å². The van der Waals surface area contributed by atoms with Crippen molar-refractivity contribution in [3.05, 3.63) is 126 Å². The summed E-state index contributed by atoms with van der Waals surface area (Å²) in [4.78, 5) is 41.7. The van der Waals surface area contributed by atoms with Gasteiger partial charge in [-0.05, 0) is 66.8 Å². The molecule has 43 heavy (non-hydrogen) atoms. The average Bonchev–Trinajstić information content (AvgIpc) is 3.04. The number of ether oxygens (including phenoxy) is 1. The fourth-order valence-corrected chi connectivity index (χ4v) is 4.47. The number of benzene rings is 4. The molecule has 0 aliphatic heterocycles. The van der Waals surface area contributed by atoms with Crippen molar-refractivity contribution < 1.29 is 24.3 Å². The topological polar surface area (TPSA) is 111 Å². The van der Waals surface area contributed by atoms with E-state index in [-0.39, 0.29) is 19.6 Å². The van der Waals surface area contributed by atoms with Crippen LogP contribution < -0.4 is 15.5 Å². The van der Waals surface area contributed by atoms with Gasteiger partial charge in [0.1, 0.15) is 24.6 Å². The van der Waals surface area contributed by atoms with Gasteiger partial charge in [0.25, 0.3) is 5.91 Å². The van der Waals surface area contributed by atoms with Gasteiger partial charge in [0.05, 0.1) is 0 Å². The van der Waals surface area contributed by atoms with Crippen LogP contribution in [0.1, 0.15) is 24.0 Å². The summed E-state index contributed by atoms with van der Waals surface area (Å²) in [5.74, 6) is 0.184. The van der Waals surface area contributed by atoms with Crippen molar-refractivity contribution in [1.82, 2.24) is 15.3 Å². The number of hydrogen-bond acceptors (Lipinski definition) is 5. The summed E-state index contributed by atoms with van der Waals surface area (Å²) in [5, 5.41) is 12.0. The van der Waals surface area contributed by atoms with Crippen molar-refractivity contribution in [3.63, 3.8) is 0 Å². The Morgan fingerprint density at radius 2 is 1.23 bits per heavy atom. The molecule has 0 aliphatic carbocycles. The minimum Gasteiger partial charge on any atom is -0.457 e. The smallest absolute Gasteiger partial charge is 0.322 e. The Kier molecular flexibility index (Phi) is 11.7. The van der Waals surface area contributed by atoms with Crippen molar-refractivity contribution >= 4 is 23.5 Å². The second-order valence-electron chi connectivity index (χ2n) is 10.0. The molecule has 0 saturated carbocycles. The highest BCUT2D eigenvalue weighted by Gasteiger charge is 2.23. The van der Waals surface area contributed by atoms with E-state index in [2.05, 4.69) is 17.4 Å². The van der Waals surface area contributed by atoms with Crippen molar-refractivity contribution in [2.45, 2.75) is 25.8 Å². The van der Waals surface area contributed by atoms with E-state index in [0.717, 1.165) is 18.4 Å². The van der Waals surface area contributed by atoms with Crippen LogP contribution in [0.5, 0.6) is 11.5 Å². The van der Waals surface area contributed by atoms with E-state index >= 15 is 0 Å². The molecule has 4 amide bonds. The lowest BCUT2D eigenvalue weighted by atomic mass is 10.1. The number of aryl methyl sites for hydroxylation is 1. The van der Waals surface area contributed by atoms with Crippen LogP contribution in [0, 0.1) is 0 Å². The number of hydrogen-bond donors (Lipinski definition) is 3. The number of hydroxylamine groups is 1. The molecule has 222 valence electrons. The van der Waals surface area contributed by atoms with Gasteiger partial charge in [0.15, 0.2) is 0 Å². The van der Waals surface area contributed by atoms with Crippen LogP contribution in [0.15, 0.2) is 115 Å². The van der Waals surface area contributed by atoms with E-state index in [0.29, 0.717) is 30.2 Å². The van der Waals surface area contributed by atoms with Crippen molar-refractivity contribution in [3.8, 4) is 11.5 Å². The van der Waals surface area contributed by atoms with Crippen LogP contribution in [-0.2, 0) is 22.6 Å². The third-order valence-corrected chi connectivity index (χ3v) is 6.71. The van der Waals surface area contributed by atoms with Gasteiger partial charge in [-0.25, -0.2) is 10.3 Å². The molecule has 0 spiro atoms. The lowest BCUT2D eigenvalue weighted by Gasteiger charge is -2.27. The number of carbonyl (C=O) groups excluding carboxylic acids is 3. The summed E-state index contributed by atoms with van der Waals surface area (Å²) < 4.78 is 5.83. The van der Waals surface area contributed by atoms with E-state index in [1.807, 2.05) is 78.9 Å². The summed E-state index contributed by atoms with van der Waals surface area (Å²) in [5.41, 5.74) is 4.16. The largest absolute Gasteiger partial charge is 0.457 e. The zero-order chi connectivity index (χ0) is 30.3. The molecule has 0 fully saturated rings. The average molecular weight is 581 g/mol. The number of carbonyl (C=O) groups is 3. The van der Waals surface area contributed by atoms with Crippen LogP contribution in [-0.4, -0.2) is 52.5 Å². The van der Waals surface area contributed by atoms with E-state index in [1.54, 1.807) is 29.7 Å². The number of nitrogens with zero attached hydrogens (tertiary/aromatic N) is 2. The Labute approximate surface area is 251 Å². The predicted molar refractivity (Wildman–Crippen MR) is 165 cm³/mol. The second-order valence-corrected chi connectivity index (χ2v) is 10.0. The molecule has 0 unspecified atom stereocenters. The third-order valence-electron chi connectivity index (χ3n) is 6.71. The monoisotopic (exact) mass is 580 g/mol. The maximum atomic E-state index is 13.5. The van der Waals surface area contributed by atoms with Gasteiger partial charge in [0.2, 0.25) is 5.91 Å². The Bertz CT molecular complexity index is 1430. The lowest BCUT2D eigenvalue weighted by molar-refractivity contribution is -0.140. The highest BCUT2D eigenvalue weighted by atomic mass is 16.5. The molecular weight excluding hydrogens is 544 g/mol. The minimum absolute atomic E-state index is 0.152. The predicted octanol–water partition coefficient (Wildman–Crippen LogP) is 5.87. The van der Waals surface area contributed by atoms with Crippen molar-refractivity contribution in [1.29, 1.82) is 0 Å². The maximum absolute atomic E-state index is 13.5. The summed E-state index contributed by atoms with van der Waals surface area (Å²) >= 11 is 0. The van der Waals surface area contributed by atoms with Crippen molar-refractivity contribution in [2.75, 3.05) is 25.0 Å². The first-order chi connectivity index (χ1) is 21.0. The Morgan fingerprint density at radius 1 is 0.651 bits per heavy atom. The Hall–Kier alpha value is -5.15. The van der Waals surface area contributed by atoms with Gasteiger partial charge < -0.3 is 19.9 Å². The zero-order valence-corrected chi connectivity index (χ0v) is 23.9. The Morgan fingerprint density at radius 3 is 1.86 bits per heavy atom. The molecule has 0 heterocycles. The summed E-state index contributed by atoms with van der Waals surface area (Å²) in [7, 11) is 0. The van der Waals surface area contributed by atoms with Gasteiger partial charge in [-0.2, -0.15) is 0 Å². The van der Waals surface area contributed by atoms with Crippen LogP contribution in [0.3, 0.4) is 0 Å². The third kappa shape index (κ3) is 10.3. The van der Waals surface area contributed by atoms with E-state index in [9.17, 15) is 14.4 Å². The molecule has 0 saturated heterocycles. The quantitative estimate of drug-likeness (QED) is 0.0982. The van der Waals surface area contributed by atoms with Gasteiger partial charge in [-0.3, -0.25) is 14.8 Å². The molecule has 4 aromatic rings. The summed E-state index contributed by atoms with van der Waals surface area (Å²) in [6.45, 7) is -0.0983. The second kappa shape index (κ2) is 16.3. The van der Waals surface area contributed by atoms with Gasteiger partial charge in [0, 0.05) is 18.8 Å². The first-order valence-electron chi connectivity index (χ1n) is 14.2. The summed E-state index contributed by atoms with van der Waals surface area (Å²) in [6, 6.07) is 35.3. The molecule has 0 atom stereocenters. The minimum atomic E-state index is -0.721. The lowest BCUT2D eigenvalue weighted by Crippen LogP contribution is -2.47. The van der Waals surface area contributed by atoms with E-state index < -0.39 is 17.8 Å². The fourth-order valence-electron chi connectivity index (χ4n) is 4.47. The maximum Gasteiger partial charge on any atom is 0.322 e. The molecule has 0 bridgehead atoms. The number of nitrogens with one attached hydrogen (secondary N) is 2. The molecule has 0 aliphatic rings. The Balaban J connectivity index is 1.43. The molecule has 4 aromatic carbocycles. The number of amides is 4.